The number of imidazole rings is 1. The summed E-state index contributed by atoms with van der Waals surface area (Å²) >= 11 is 1.70. The minimum atomic E-state index is 0.584. The van der Waals surface area contributed by atoms with Crippen molar-refractivity contribution in [3.05, 3.63) is 45.1 Å². The van der Waals surface area contributed by atoms with Crippen molar-refractivity contribution >= 4 is 27.9 Å². The Labute approximate surface area is 174 Å². The van der Waals surface area contributed by atoms with Gasteiger partial charge in [-0.1, -0.05) is 0 Å². The first kappa shape index (κ1) is 19.4. The van der Waals surface area contributed by atoms with Crippen LogP contribution in [-0.2, 0) is 0 Å². The number of benzene rings is 1. The third-order valence-electron chi connectivity index (χ3n) is 5.98. The van der Waals surface area contributed by atoms with Gasteiger partial charge in [0.15, 0.2) is 4.96 Å². The highest BCUT2D eigenvalue weighted by molar-refractivity contribution is 7.17. The highest BCUT2D eigenvalue weighted by Crippen LogP contribution is 2.42. The Morgan fingerprint density at radius 1 is 0.966 bits per heavy atom. The van der Waals surface area contributed by atoms with E-state index in [9.17, 15) is 0 Å². The van der Waals surface area contributed by atoms with Gasteiger partial charge >= 0.3 is 0 Å². The van der Waals surface area contributed by atoms with Crippen LogP contribution in [0.25, 0.3) is 27.6 Å². The molecule has 150 valence electrons. The fourth-order valence-electron chi connectivity index (χ4n) is 3.89. The van der Waals surface area contributed by atoms with Gasteiger partial charge in [-0.3, -0.25) is 4.40 Å². The molecule has 6 nitrogen and oxygen atoms in total. The zero-order chi connectivity index (χ0) is 21.0. The average Bonchev–Trinajstić information content (AvgIpc) is 3.21. The number of nitrogens with zero attached hydrogens (tertiary/aromatic N) is 4. The van der Waals surface area contributed by atoms with Gasteiger partial charge < -0.3 is 11.1 Å². The number of thiazole rings is 1. The van der Waals surface area contributed by atoms with Crippen LogP contribution in [0.2, 0.25) is 0 Å². The van der Waals surface area contributed by atoms with Gasteiger partial charge in [0.2, 0.25) is 5.95 Å². The molecule has 29 heavy (non-hydrogen) atoms. The number of fused-ring (bicyclic) bond motifs is 1. The first-order chi connectivity index (χ1) is 13.8. The standard InChI is InChI=1S/C22H26N6S/c1-10-11(2)17(13(4)18(23)12(10)3)19-20(16-8-9-25-21(24-7)26-16)28-14(5)15(6)29-22(28)27-19/h8-9H,23H2,1-7H3,(H,24,25,26). The summed E-state index contributed by atoms with van der Waals surface area (Å²) in [6.07, 6.45) is 1.78. The average molecular weight is 407 g/mol. The predicted octanol–water partition coefficient (Wildman–Crippen LogP) is 4.99. The lowest BCUT2D eigenvalue weighted by atomic mass is 9.89. The molecule has 0 saturated carbocycles. The largest absolute Gasteiger partial charge is 0.398 e. The molecule has 3 aromatic heterocycles. The lowest BCUT2D eigenvalue weighted by Crippen LogP contribution is -2.04. The van der Waals surface area contributed by atoms with Crippen molar-refractivity contribution in [2.45, 2.75) is 41.5 Å². The Morgan fingerprint density at radius 3 is 2.38 bits per heavy atom. The Hall–Kier alpha value is -2.93. The summed E-state index contributed by atoms with van der Waals surface area (Å²) in [5, 5.41) is 3.04. The number of rotatable bonds is 3. The first-order valence-electron chi connectivity index (χ1n) is 9.62. The number of aryl methyl sites for hydroxylation is 2. The molecule has 0 atom stereocenters. The van der Waals surface area contributed by atoms with Gasteiger partial charge in [-0.05, 0) is 69.9 Å². The van der Waals surface area contributed by atoms with Gasteiger partial charge in [-0.2, -0.15) is 0 Å². The smallest absolute Gasteiger partial charge is 0.222 e. The van der Waals surface area contributed by atoms with E-state index in [1.54, 1.807) is 17.5 Å². The van der Waals surface area contributed by atoms with E-state index in [1.165, 1.54) is 21.7 Å². The lowest BCUT2D eigenvalue weighted by Gasteiger charge is -2.18. The van der Waals surface area contributed by atoms with Crippen molar-refractivity contribution in [3.63, 3.8) is 0 Å². The summed E-state index contributed by atoms with van der Waals surface area (Å²) in [4.78, 5) is 16.3. The van der Waals surface area contributed by atoms with E-state index < -0.39 is 0 Å². The van der Waals surface area contributed by atoms with Crippen LogP contribution in [0.15, 0.2) is 12.3 Å². The fraction of sp³-hybridized carbons (Fsp3) is 0.318. The van der Waals surface area contributed by atoms with Crippen molar-refractivity contribution in [2.75, 3.05) is 18.1 Å². The van der Waals surface area contributed by atoms with Crippen LogP contribution < -0.4 is 11.1 Å². The Morgan fingerprint density at radius 2 is 1.69 bits per heavy atom. The number of anilines is 2. The van der Waals surface area contributed by atoms with Crippen molar-refractivity contribution in [1.82, 2.24) is 19.4 Å². The number of aromatic nitrogens is 4. The fourth-order valence-corrected chi connectivity index (χ4v) is 4.86. The van der Waals surface area contributed by atoms with E-state index in [-0.39, 0.29) is 0 Å². The summed E-state index contributed by atoms with van der Waals surface area (Å²) in [7, 11) is 1.82. The summed E-state index contributed by atoms with van der Waals surface area (Å²) < 4.78 is 2.21. The van der Waals surface area contributed by atoms with E-state index in [0.717, 1.165) is 44.4 Å². The van der Waals surface area contributed by atoms with Gasteiger partial charge in [0, 0.05) is 35.1 Å². The summed E-state index contributed by atoms with van der Waals surface area (Å²) in [5.41, 5.74) is 16.9. The Kier molecular flexibility index (Phi) is 4.58. The molecule has 0 aliphatic carbocycles. The molecule has 0 radical (unpaired) electrons. The van der Waals surface area contributed by atoms with E-state index >= 15 is 0 Å². The number of nitrogen functional groups attached to an aromatic ring is 1. The summed E-state index contributed by atoms with van der Waals surface area (Å²) in [6.45, 7) is 12.7. The van der Waals surface area contributed by atoms with Crippen molar-refractivity contribution < 1.29 is 0 Å². The molecule has 0 bridgehead atoms. The Bertz CT molecular complexity index is 1240. The quantitative estimate of drug-likeness (QED) is 0.468. The molecular weight excluding hydrogens is 380 g/mol. The van der Waals surface area contributed by atoms with Gasteiger partial charge in [0.1, 0.15) is 11.4 Å². The second kappa shape index (κ2) is 6.84. The van der Waals surface area contributed by atoms with Gasteiger partial charge in [0.05, 0.1) is 5.69 Å². The van der Waals surface area contributed by atoms with Crippen LogP contribution in [0.1, 0.15) is 32.8 Å². The third kappa shape index (κ3) is 2.80. The molecule has 0 aliphatic rings. The monoisotopic (exact) mass is 406 g/mol. The Balaban J connectivity index is 2.15. The zero-order valence-electron chi connectivity index (χ0n) is 17.9. The van der Waals surface area contributed by atoms with Crippen molar-refractivity contribution in [3.8, 4) is 22.6 Å². The van der Waals surface area contributed by atoms with E-state index in [1.807, 2.05) is 13.1 Å². The number of hydrogen-bond acceptors (Lipinski definition) is 6. The molecule has 3 heterocycles. The lowest BCUT2D eigenvalue weighted by molar-refractivity contribution is 1.09. The van der Waals surface area contributed by atoms with Crippen LogP contribution in [0.5, 0.6) is 0 Å². The topological polar surface area (TPSA) is 81.1 Å². The highest BCUT2D eigenvalue weighted by atomic mass is 32.1. The second-order valence-electron chi connectivity index (χ2n) is 7.47. The SMILES string of the molecule is CNc1nccc(-c2c(-c3c(C)c(C)c(C)c(N)c3C)nc3sc(C)c(C)n23)n1. The predicted molar refractivity (Wildman–Crippen MR) is 122 cm³/mol. The summed E-state index contributed by atoms with van der Waals surface area (Å²) in [6, 6.07) is 1.94. The molecule has 0 spiro atoms. The molecule has 0 unspecified atom stereocenters. The molecule has 0 fully saturated rings. The molecule has 0 amide bonds. The van der Waals surface area contributed by atoms with Crippen LogP contribution >= 0.6 is 11.3 Å². The van der Waals surface area contributed by atoms with Gasteiger partial charge in [-0.25, -0.2) is 15.0 Å². The van der Waals surface area contributed by atoms with Crippen LogP contribution in [0.4, 0.5) is 11.6 Å². The minimum Gasteiger partial charge on any atom is -0.398 e. The first-order valence-corrected chi connectivity index (χ1v) is 10.4. The van der Waals surface area contributed by atoms with Crippen molar-refractivity contribution in [2.24, 2.45) is 0 Å². The molecule has 4 aromatic rings. The summed E-state index contributed by atoms with van der Waals surface area (Å²) in [5.74, 6) is 0.584. The number of nitrogens with two attached hydrogens (primary N) is 1. The second-order valence-corrected chi connectivity index (χ2v) is 8.66. The van der Waals surface area contributed by atoms with Crippen LogP contribution in [0.3, 0.4) is 0 Å². The molecule has 4 rings (SSSR count). The third-order valence-corrected chi connectivity index (χ3v) is 7.04. The highest BCUT2D eigenvalue weighted by Gasteiger charge is 2.25. The maximum Gasteiger partial charge on any atom is 0.222 e. The normalized spacial score (nSPS) is 11.4. The minimum absolute atomic E-state index is 0.584. The molecule has 0 aliphatic heterocycles. The van der Waals surface area contributed by atoms with E-state index in [0.29, 0.717) is 5.95 Å². The van der Waals surface area contributed by atoms with Crippen molar-refractivity contribution in [1.29, 1.82) is 0 Å². The number of nitrogens with one attached hydrogen (secondary N) is 1. The molecule has 3 N–H and O–H groups in total. The van der Waals surface area contributed by atoms with E-state index in [4.69, 9.17) is 15.7 Å². The van der Waals surface area contributed by atoms with Crippen LogP contribution in [-0.4, -0.2) is 26.4 Å². The van der Waals surface area contributed by atoms with Crippen LogP contribution in [0, 0.1) is 41.5 Å². The maximum atomic E-state index is 6.48. The molecular formula is C22H26N6S. The van der Waals surface area contributed by atoms with Gasteiger partial charge in [-0.15, -0.1) is 11.3 Å². The number of hydrogen-bond donors (Lipinski definition) is 2. The zero-order valence-corrected chi connectivity index (χ0v) is 18.7. The molecule has 7 heteroatoms. The molecule has 0 saturated heterocycles. The van der Waals surface area contributed by atoms with E-state index in [2.05, 4.69) is 56.2 Å². The molecule has 1 aromatic carbocycles. The maximum absolute atomic E-state index is 6.48. The van der Waals surface area contributed by atoms with Gasteiger partial charge in [0.25, 0.3) is 0 Å².